The first-order valence-electron chi connectivity index (χ1n) is 8.41. The highest BCUT2D eigenvalue weighted by atomic mass is 16.5. The molecule has 0 atom stereocenters. The summed E-state index contributed by atoms with van der Waals surface area (Å²) in [4.78, 5) is 11.9. The average molecular weight is 331 g/mol. The fraction of sp³-hybridized carbons (Fsp3) is 0.136. The Kier molecular flexibility index (Phi) is 5.83. The van der Waals surface area contributed by atoms with E-state index in [2.05, 4.69) is 23.5 Å². The molecule has 0 aromatic heterocycles. The second-order valence-corrected chi connectivity index (χ2v) is 5.73. The predicted molar refractivity (Wildman–Crippen MR) is 101 cm³/mol. The van der Waals surface area contributed by atoms with Crippen LogP contribution in [0.15, 0.2) is 84.9 Å². The largest absolute Gasteiger partial charge is 0.461 e. The summed E-state index contributed by atoms with van der Waals surface area (Å²) in [5, 5.41) is 3.34. The normalized spacial score (nSPS) is 10.2. The average Bonchev–Trinajstić information content (AvgIpc) is 2.68. The van der Waals surface area contributed by atoms with Crippen LogP contribution in [0.25, 0.3) is 11.1 Å². The molecule has 3 rings (SSSR count). The van der Waals surface area contributed by atoms with Crippen LogP contribution in [-0.4, -0.2) is 12.5 Å². The van der Waals surface area contributed by atoms with E-state index in [-0.39, 0.29) is 5.97 Å². The van der Waals surface area contributed by atoms with Gasteiger partial charge < -0.3 is 10.1 Å². The second-order valence-electron chi connectivity index (χ2n) is 5.73. The Morgan fingerprint density at radius 2 is 1.44 bits per heavy atom. The summed E-state index contributed by atoms with van der Waals surface area (Å²) in [6.45, 7) is 0.859. The molecule has 0 saturated heterocycles. The van der Waals surface area contributed by atoms with Crippen molar-refractivity contribution in [1.82, 2.24) is 0 Å². The van der Waals surface area contributed by atoms with Gasteiger partial charge in [-0.3, -0.25) is 4.79 Å². The van der Waals surface area contributed by atoms with Gasteiger partial charge in [-0.1, -0.05) is 78.9 Å². The molecule has 1 N–H and O–H groups in total. The van der Waals surface area contributed by atoms with Crippen molar-refractivity contribution in [3.05, 3.63) is 90.5 Å². The predicted octanol–water partition coefficient (Wildman–Crippen LogP) is 4.90. The maximum Gasteiger partial charge on any atom is 0.307 e. The van der Waals surface area contributed by atoms with Crippen molar-refractivity contribution in [3.63, 3.8) is 0 Å². The third-order valence-corrected chi connectivity index (χ3v) is 3.90. The number of anilines is 1. The van der Waals surface area contributed by atoms with Crippen LogP contribution >= 0.6 is 0 Å². The molecule has 0 heterocycles. The minimum atomic E-state index is -0.200. The Morgan fingerprint density at radius 3 is 2.20 bits per heavy atom. The van der Waals surface area contributed by atoms with Gasteiger partial charge >= 0.3 is 5.97 Å². The van der Waals surface area contributed by atoms with Gasteiger partial charge in [0.2, 0.25) is 0 Å². The number of hydrogen-bond acceptors (Lipinski definition) is 3. The van der Waals surface area contributed by atoms with E-state index in [1.54, 1.807) is 0 Å². The summed E-state index contributed by atoms with van der Waals surface area (Å²) in [6.07, 6.45) is 0.329. The molecular formula is C22H21NO2. The van der Waals surface area contributed by atoms with E-state index >= 15 is 0 Å². The molecule has 3 nitrogen and oxygen atoms in total. The highest BCUT2D eigenvalue weighted by Gasteiger charge is 2.06. The molecule has 0 bridgehead atoms. The van der Waals surface area contributed by atoms with E-state index in [4.69, 9.17) is 4.74 Å². The molecule has 3 heteroatoms. The molecule has 3 aromatic rings. The quantitative estimate of drug-likeness (QED) is 0.626. The van der Waals surface area contributed by atoms with Crippen molar-refractivity contribution in [3.8, 4) is 11.1 Å². The molecule has 25 heavy (non-hydrogen) atoms. The zero-order valence-corrected chi connectivity index (χ0v) is 14.0. The molecule has 0 unspecified atom stereocenters. The van der Waals surface area contributed by atoms with Gasteiger partial charge in [0.05, 0.1) is 6.42 Å². The molecule has 0 aliphatic heterocycles. The SMILES string of the molecule is O=C(CCNc1ccccc1-c1ccccc1)OCc1ccccc1. The summed E-state index contributed by atoms with van der Waals surface area (Å²) in [5.74, 6) is -0.200. The topological polar surface area (TPSA) is 38.3 Å². The maximum absolute atomic E-state index is 11.9. The van der Waals surface area contributed by atoms with Crippen LogP contribution in [0.3, 0.4) is 0 Å². The number of esters is 1. The Hall–Kier alpha value is -3.07. The van der Waals surface area contributed by atoms with Crippen LogP contribution in [0.4, 0.5) is 5.69 Å². The summed E-state index contributed by atoms with van der Waals surface area (Å²) in [6, 6.07) is 28.0. The molecule has 0 saturated carbocycles. The lowest BCUT2D eigenvalue weighted by atomic mass is 10.0. The molecule has 0 aliphatic rings. The number of carbonyl (C=O) groups excluding carboxylic acids is 1. The van der Waals surface area contributed by atoms with Crippen molar-refractivity contribution in [1.29, 1.82) is 0 Å². The molecule has 126 valence electrons. The number of carbonyl (C=O) groups is 1. The van der Waals surface area contributed by atoms with Crippen molar-refractivity contribution in [2.75, 3.05) is 11.9 Å². The number of ether oxygens (including phenoxy) is 1. The van der Waals surface area contributed by atoms with E-state index < -0.39 is 0 Å². The number of rotatable bonds is 7. The standard InChI is InChI=1S/C22H21NO2/c24-22(25-17-18-9-3-1-4-10-18)15-16-23-21-14-8-7-13-20(21)19-11-5-2-6-12-19/h1-14,23H,15-17H2. The molecule has 0 aliphatic carbocycles. The van der Waals surface area contributed by atoms with Gasteiger partial charge in [0.1, 0.15) is 6.61 Å². The highest BCUT2D eigenvalue weighted by molar-refractivity contribution is 5.78. The molecule has 3 aromatic carbocycles. The minimum Gasteiger partial charge on any atom is -0.461 e. The van der Waals surface area contributed by atoms with E-state index in [0.717, 1.165) is 22.4 Å². The molecule has 0 amide bonds. The first kappa shape index (κ1) is 16.8. The smallest absolute Gasteiger partial charge is 0.307 e. The fourth-order valence-electron chi connectivity index (χ4n) is 2.62. The van der Waals surface area contributed by atoms with E-state index in [0.29, 0.717) is 19.6 Å². The van der Waals surface area contributed by atoms with Crippen LogP contribution < -0.4 is 5.32 Å². The lowest BCUT2D eigenvalue weighted by molar-refractivity contribution is -0.144. The van der Waals surface area contributed by atoms with Crippen molar-refractivity contribution >= 4 is 11.7 Å². The molecular weight excluding hydrogens is 310 g/mol. The first-order chi connectivity index (χ1) is 12.3. The minimum absolute atomic E-state index is 0.200. The van der Waals surface area contributed by atoms with Gasteiger partial charge in [0.15, 0.2) is 0 Å². The maximum atomic E-state index is 11.9. The van der Waals surface area contributed by atoms with E-state index in [1.807, 2.05) is 66.7 Å². The van der Waals surface area contributed by atoms with E-state index in [1.165, 1.54) is 0 Å². The lowest BCUT2D eigenvalue weighted by Gasteiger charge is -2.12. The first-order valence-corrected chi connectivity index (χ1v) is 8.41. The van der Waals surface area contributed by atoms with Crippen molar-refractivity contribution < 1.29 is 9.53 Å². The number of benzene rings is 3. The van der Waals surface area contributed by atoms with Gasteiger partial charge in [-0.15, -0.1) is 0 Å². The van der Waals surface area contributed by atoms with Gasteiger partial charge in [0.25, 0.3) is 0 Å². The zero-order chi connectivity index (χ0) is 17.3. The summed E-state index contributed by atoms with van der Waals surface area (Å²) in [7, 11) is 0. The summed E-state index contributed by atoms with van der Waals surface area (Å²) >= 11 is 0. The Morgan fingerprint density at radius 1 is 0.800 bits per heavy atom. The number of para-hydroxylation sites is 1. The Labute approximate surface area is 148 Å². The van der Waals surface area contributed by atoms with Gasteiger partial charge in [-0.05, 0) is 17.2 Å². The highest BCUT2D eigenvalue weighted by Crippen LogP contribution is 2.27. The van der Waals surface area contributed by atoms with Crippen LogP contribution in [0.2, 0.25) is 0 Å². The van der Waals surface area contributed by atoms with E-state index in [9.17, 15) is 4.79 Å². The number of hydrogen-bond donors (Lipinski definition) is 1. The van der Waals surface area contributed by atoms with Gasteiger partial charge in [-0.25, -0.2) is 0 Å². The van der Waals surface area contributed by atoms with Gasteiger partial charge in [-0.2, -0.15) is 0 Å². The monoisotopic (exact) mass is 331 g/mol. The molecule has 0 radical (unpaired) electrons. The lowest BCUT2D eigenvalue weighted by Crippen LogP contribution is -2.12. The third-order valence-electron chi connectivity index (χ3n) is 3.90. The Bertz CT molecular complexity index is 801. The van der Waals surface area contributed by atoms with Crippen LogP contribution in [0.5, 0.6) is 0 Å². The molecule has 0 spiro atoms. The summed E-state index contributed by atoms with van der Waals surface area (Å²) in [5.41, 5.74) is 4.29. The van der Waals surface area contributed by atoms with Crippen LogP contribution in [0.1, 0.15) is 12.0 Å². The van der Waals surface area contributed by atoms with Crippen molar-refractivity contribution in [2.24, 2.45) is 0 Å². The molecule has 0 fully saturated rings. The fourth-order valence-corrected chi connectivity index (χ4v) is 2.62. The third kappa shape index (κ3) is 4.95. The second kappa shape index (κ2) is 8.69. The zero-order valence-electron chi connectivity index (χ0n) is 14.0. The van der Waals surface area contributed by atoms with Crippen LogP contribution in [0, 0.1) is 0 Å². The number of nitrogens with one attached hydrogen (secondary N) is 1. The Balaban J connectivity index is 1.52. The summed E-state index contributed by atoms with van der Waals surface area (Å²) < 4.78 is 5.30. The van der Waals surface area contributed by atoms with Gasteiger partial charge in [0, 0.05) is 17.8 Å². The van der Waals surface area contributed by atoms with Crippen LogP contribution in [-0.2, 0) is 16.1 Å². The van der Waals surface area contributed by atoms with Crippen molar-refractivity contribution in [2.45, 2.75) is 13.0 Å².